The van der Waals surface area contributed by atoms with Crippen molar-refractivity contribution in [2.75, 3.05) is 25.0 Å². The van der Waals surface area contributed by atoms with Crippen LogP contribution in [-0.4, -0.2) is 24.6 Å². The molecule has 0 radical (unpaired) electrons. The molecule has 0 aliphatic carbocycles. The maximum absolute atomic E-state index is 4.03. The molecule has 82 valence electrons. The minimum Gasteiger partial charge on any atom is -0.384 e. The van der Waals surface area contributed by atoms with E-state index in [9.17, 15) is 0 Å². The lowest BCUT2D eigenvalue weighted by molar-refractivity contribution is 0.549. The minimum absolute atomic E-state index is 0.845. The Hall–Kier alpha value is -0.610. The van der Waals surface area contributed by atoms with E-state index in [-0.39, 0.29) is 0 Å². The van der Waals surface area contributed by atoms with Crippen LogP contribution in [0, 0.1) is 5.92 Å². The molecule has 1 aliphatic heterocycles. The summed E-state index contributed by atoms with van der Waals surface area (Å²) in [5, 5.41) is 6.81. The van der Waals surface area contributed by atoms with Gasteiger partial charge < -0.3 is 10.6 Å². The molecule has 0 spiro atoms. The molecule has 3 nitrogen and oxygen atoms in total. The maximum Gasteiger partial charge on any atom is 0.0590 e. The quantitative estimate of drug-likeness (QED) is 0.881. The maximum atomic E-state index is 4.03. The van der Waals surface area contributed by atoms with Crippen molar-refractivity contribution in [1.82, 2.24) is 10.3 Å². The van der Waals surface area contributed by atoms with Gasteiger partial charge in [0.15, 0.2) is 0 Å². The molecule has 0 amide bonds. The number of halogens is 1. The average Bonchev–Trinajstić information content (AvgIpc) is 2.74. The first kappa shape index (κ1) is 10.9. The Labute approximate surface area is 98.8 Å². The van der Waals surface area contributed by atoms with Crippen LogP contribution in [0.15, 0.2) is 22.9 Å². The highest BCUT2D eigenvalue weighted by atomic mass is 79.9. The van der Waals surface area contributed by atoms with Gasteiger partial charge in [0.25, 0.3) is 0 Å². The van der Waals surface area contributed by atoms with E-state index in [1.165, 1.54) is 25.9 Å². The van der Waals surface area contributed by atoms with Crippen LogP contribution in [-0.2, 0) is 0 Å². The smallest absolute Gasteiger partial charge is 0.0590 e. The topological polar surface area (TPSA) is 37.0 Å². The highest BCUT2D eigenvalue weighted by Gasteiger charge is 2.13. The summed E-state index contributed by atoms with van der Waals surface area (Å²) >= 11 is 3.47. The fourth-order valence-corrected chi connectivity index (χ4v) is 2.28. The van der Waals surface area contributed by atoms with Crippen molar-refractivity contribution >= 4 is 21.6 Å². The van der Waals surface area contributed by atoms with Crippen molar-refractivity contribution in [3.05, 3.63) is 22.9 Å². The van der Waals surface area contributed by atoms with Gasteiger partial charge in [-0.3, -0.25) is 4.98 Å². The standard InChI is InChI=1S/C11H16BrN3/c12-10-8-14-5-3-11(10)15-6-2-9-1-4-13-7-9/h3,5,8-9,13H,1-2,4,6-7H2,(H,14,15). The lowest BCUT2D eigenvalue weighted by Crippen LogP contribution is -2.12. The van der Waals surface area contributed by atoms with Crippen LogP contribution in [0.4, 0.5) is 5.69 Å². The van der Waals surface area contributed by atoms with Crippen LogP contribution in [0.1, 0.15) is 12.8 Å². The first-order chi connectivity index (χ1) is 7.36. The van der Waals surface area contributed by atoms with Gasteiger partial charge in [-0.25, -0.2) is 0 Å². The number of aromatic nitrogens is 1. The molecule has 15 heavy (non-hydrogen) atoms. The zero-order chi connectivity index (χ0) is 10.5. The molecule has 1 unspecified atom stereocenters. The van der Waals surface area contributed by atoms with Crippen molar-refractivity contribution in [2.24, 2.45) is 5.92 Å². The number of pyridine rings is 1. The Morgan fingerprint density at radius 3 is 3.27 bits per heavy atom. The van der Waals surface area contributed by atoms with E-state index in [0.29, 0.717) is 0 Å². The zero-order valence-corrected chi connectivity index (χ0v) is 10.3. The number of rotatable bonds is 4. The second-order valence-corrected chi connectivity index (χ2v) is 4.78. The fraction of sp³-hybridized carbons (Fsp3) is 0.545. The lowest BCUT2D eigenvalue weighted by atomic mass is 10.1. The van der Waals surface area contributed by atoms with Crippen LogP contribution in [0.3, 0.4) is 0 Å². The van der Waals surface area contributed by atoms with Gasteiger partial charge >= 0.3 is 0 Å². The summed E-state index contributed by atoms with van der Waals surface area (Å²) in [6.07, 6.45) is 6.19. The third-order valence-electron chi connectivity index (χ3n) is 2.80. The molecule has 1 saturated heterocycles. The molecule has 2 N–H and O–H groups in total. The first-order valence-corrected chi connectivity index (χ1v) is 6.19. The van der Waals surface area contributed by atoms with E-state index in [1.54, 1.807) is 0 Å². The summed E-state index contributed by atoms with van der Waals surface area (Å²) in [6, 6.07) is 2.00. The van der Waals surface area contributed by atoms with Gasteiger partial charge in [0.1, 0.15) is 0 Å². The van der Waals surface area contributed by atoms with Crippen molar-refractivity contribution < 1.29 is 0 Å². The molecular formula is C11H16BrN3. The van der Waals surface area contributed by atoms with Crippen molar-refractivity contribution in [1.29, 1.82) is 0 Å². The molecule has 1 atom stereocenters. The number of hydrogen-bond acceptors (Lipinski definition) is 3. The summed E-state index contributed by atoms with van der Waals surface area (Å²) in [7, 11) is 0. The predicted octanol–water partition coefficient (Wildman–Crippen LogP) is 2.26. The number of hydrogen-bond donors (Lipinski definition) is 2. The molecule has 0 saturated carbocycles. The lowest BCUT2D eigenvalue weighted by Gasteiger charge is -2.11. The molecule has 0 aromatic carbocycles. The summed E-state index contributed by atoms with van der Waals surface area (Å²) in [6.45, 7) is 3.40. The molecule has 1 fully saturated rings. The zero-order valence-electron chi connectivity index (χ0n) is 8.67. The van der Waals surface area contributed by atoms with E-state index in [2.05, 4.69) is 31.5 Å². The van der Waals surface area contributed by atoms with E-state index in [4.69, 9.17) is 0 Å². The van der Waals surface area contributed by atoms with E-state index >= 15 is 0 Å². The van der Waals surface area contributed by atoms with Gasteiger partial charge in [-0.1, -0.05) is 0 Å². The van der Waals surface area contributed by atoms with Crippen LogP contribution in [0.25, 0.3) is 0 Å². The minimum atomic E-state index is 0.845. The van der Waals surface area contributed by atoms with Crippen LogP contribution in [0.5, 0.6) is 0 Å². The van der Waals surface area contributed by atoms with Crippen molar-refractivity contribution in [2.45, 2.75) is 12.8 Å². The molecule has 4 heteroatoms. The molecule has 2 rings (SSSR count). The van der Waals surface area contributed by atoms with Crippen LogP contribution >= 0.6 is 15.9 Å². The number of nitrogens with one attached hydrogen (secondary N) is 2. The highest BCUT2D eigenvalue weighted by Crippen LogP contribution is 2.20. The number of anilines is 1. The Bertz CT molecular complexity index is 310. The SMILES string of the molecule is Brc1cnccc1NCCC1CCNC1. The third kappa shape index (κ3) is 3.18. The summed E-state index contributed by atoms with van der Waals surface area (Å²) in [5.74, 6) is 0.845. The van der Waals surface area contributed by atoms with Crippen molar-refractivity contribution in [3.8, 4) is 0 Å². The van der Waals surface area contributed by atoms with Gasteiger partial charge in [-0.2, -0.15) is 0 Å². The largest absolute Gasteiger partial charge is 0.384 e. The highest BCUT2D eigenvalue weighted by molar-refractivity contribution is 9.10. The van der Waals surface area contributed by atoms with E-state index in [0.717, 1.165) is 22.6 Å². The summed E-state index contributed by atoms with van der Waals surface area (Å²) in [5.41, 5.74) is 1.14. The van der Waals surface area contributed by atoms with Gasteiger partial charge in [0, 0.05) is 18.9 Å². The van der Waals surface area contributed by atoms with Gasteiger partial charge in [-0.15, -0.1) is 0 Å². The predicted molar refractivity (Wildman–Crippen MR) is 66.0 cm³/mol. The fourth-order valence-electron chi connectivity index (χ4n) is 1.89. The van der Waals surface area contributed by atoms with Gasteiger partial charge in [0.05, 0.1) is 10.2 Å². The average molecular weight is 270 g/mol. The Balaban J connectivity index is 1.75. The molecule has 1 aromatic rings. The van der Waals surface area contributed by atoms with Crippen molar-refractivity contribution in [3.63, 3.8) is 0 Å². The van der Waals surface area contributed by atoms with Gasteiger partial charge in [0.2, 0.25) is 0 Å². The Morgan fingerprint density at radius 2 is 2.53 bits per heavy atom. The summed E-state index contributed by atoms with van der Waals surface area (Å²) < 4.78 is 1.04. The van der Waals surface area contributed by atoms with Gasteiger partial charge in [-0.05, 0) is 53.8 Å². The first-order valence-electron chi connectivity index (χ1n) is 5.40. The second kappa shape index (κ2) is 5.47. The third-order valence-corrected chi connectivity index (χ3v) is 3.43. The molecule has 2 heterocycles. The monoisotopic (exact) mass is 269 g/mol. The van der Waals surface area contributed by atoms with Crippen LogP contribution in [0.2, 0.25) is 0 Å². The van der Waals surface area contributed by atoms with E-state index in [1.807, 2.05) is 18.5 Å². The molecular weight excluding hydrogens is 254 g/mol. The number of nitrogens with zero attached hydrogens (tertiary/aromatic N) is 1. The van der Waals surface area contributed by atoms with Crippen LogP contribution < -0.4 is 10.6 Å². The molecule has 1 aliphatic rings. The van der Waals surface area contributed by atoms with E-state index < -0.39 is 0 Å². The summed E-state index contributed by atoms with van der Waals surface area (Å²) in [4.78, 5) is 4.03. The Kier molecular flexibility index (Phi) is 3.97. The molecule has 1 aromatic heterocycles. The normalized spacial score (nSPS) is 20.5. The molecule has 0 bridgehead atoms. The second-order valence-electron chi connectivity index (χ2n) is 3.93. The Morgan fingerprint density at radius 1 is 1.60 bits per heavy atom.